The van der Waals surface area contributed by atoms with Crippen molar-refractivity contribution in [1.82, 2.24) is 19.2 Å². The number of nitrogens with one attached hydrogen (secondary N) is 1. The Balaban J connectivity index is 1.82. The van der Waals surface area contributed by atoms with E-state index in [4.69, 9.17) is 14.2 Å². The van der Waals surface area contributed by atoms with E-state index in [1.54, 1.807) is 17.0 Å². The molecule has 1 N–H and O–H groups in total. The predicted molar refractivity (Wildman–Crippen MR) is 118 cm³/mol. The molecule has 11 heteroatoms. The summed E-state index contributed by atoms with van der Waals surface area (Å²) in [5, 5.41) is 0.0477. The second-order valence-electron chi connectivity index (χ2n) is 7.07. The van der Waals surface area contributed by atoms with Crippen molar-refractivity contribution in [1.29, 1.82) is 0 Å². The molecule has 1 aliphatic rings. The highest BCUT2D eigenvalue weighted by atomic mass is 32.2. The van der Waals surface area contributed by atoms with Crippen molar-refractivity contribution >= 4 is 15.9 Å². The fourth-order valence-corrected chi connectivity index (χ4v) is 4.92. The molecule has 0 radical (unpaired) electrons. The van der Waals surface area contributed by atoms with Crippen LogP contribution in [0.4, 0.5) is 0 Å². The lowest BCUT2D eigenvalue weighted by Crippen LogP contribution is -2.37. The van der Waals surface area contributed by atoms with Crippen molar-refractivity contribution in [3.63, 3.8) is 0 Å². The number of sulfonamides is 1. The molecule has 10 nitrogen and oxygen atoms in total. The van der Waals surface area contributed by atoms with Gasteiger partial charge >= 0.3 is 0 Å². The quantitative estimate of drug-likeness (QED) is 0.602. The maximum Gasteiger partial charge on any atom is 0.260 e. The average molecular weight is 467 g/mol. The summed E-state index contributed by atoms with van der Waals surface area (Å²) in [5.41, 5.74) is 0.408. The zero-order chi connectivity index (χ0) is 23.1. The van der Waals surface area contributed by atoms with Gasteiger partial charge < -0.3 is 24.1 Å². The Hall–Kier alpha value is -2.79. The summed E-state index contributed by atoms with van der Waals surface area (Å²) in [6.45, 7) is 8.06. The van der Waals surface area contributed by atoms with Crippen molar-refractivity contribution in [2.75, 3.05) is 46.0 Å². The van der Waals surface area contributed by atoms with Crippen LogP contribution in [0, 0.1) is 0 Å². The minimum absolute atomic E-state index is 0.0477. The SMILES string of the molecule is CCOc1cc(C(=O)N2CCCN(S(=O)(=O)c3cnc[nH]3)CC2)cc(OCC)c1OCC. The molecule has 1 amide bonds. The van der Waals surface area contributed by atoms with Gasteiger partial charge in [0.1, 0.15) is 0 Å². The van der Waals surface area contributed by atoms with E-state index >= 15 is 0 Å². The van der Waals surface area contributed by atoms with Crippen LogP contribution in [0.2, 0.25) is 0 Å². The first-order valence-electron chi connectivity index (χ1n) is 10.8. The van der Waals surface area contributed by atoms with Gasteiger partial charge in [-0.05, 0) is 39.3 Å². The molecule has 2 aromatic rings. The third-order valence-corrected chi connectivity index (χ3v) is 6.81. The molecule has 1 aromatic heterocycles. The number of H-pyrrole nitrogens is 1. The van der Waals surface area contributed by atoms with Crippen LogP contribution >= 0.6 is 0 Å². The lowest BCUT2D eigenvalue weighted by molar-refractivity contribution is 0.0763. The van der Waals surface area contributed by atoms with E-state index in [-0.39, 0.29) is 24.0 Å². The van der Waals surface area contributed by atoms with Gasteiger partial charge in [-0.15, -0.1) is 0 Å². The maximum absolute atomic E-state index is 13.3. The number of benzene rings is 1. The Morgan fingerprint density at radius 2 is 1.66 bits per heavy atom. The molecular weight excluding hydrogens is 436 g/mol. The van der Waals surface area contributed by atoms with Gasteiger partial charge in [0.15, 0.2) is 16.5 Å². The summed E-state index contributed by atoms with van der Waals surface area (Å²) in [6.07, 6.45) is 3.14. The Kier molecular flexibility index (Phi) is 7.97. The smallest absolute Gasteiger partial charge is 0.260 e. The number of carbonyl (C=O) groups is 1. The molecule has 0 saturated carbocycles. The number of amides is 1. The van der Waals surface area contributed by atoms with Gasteiger partial charge in [0, 0.05) is 31.7 Å². The summed E-state index contributed by atoms with van der Waals surface area (Å²) in [4.78, 5) is 21.4. The predicted octanol–water partition coefficient (Wildman–Crippen LogP) is 2.14. The number of rotatable bonds is 9. The third kappa shape index (κ3) is 5.16. The van der Waals surface area contributed by atoms with Gasteiger partial charge in [0.05, 0.1) is 32.3 Å². The second-order valence-corrected chi connectivity index (χ2v) is 8.97. The van der Waals surface area contributed by atoms with Gasteiger partial charge in [-0.25, -0.2) is 13.4 Å². The molecule has 1 aromatic carbocycles. The van der Waals surface area contributed by atoms with E-state index in [0.717, 1.165) is 0 Å². The molecule has 1 fully saturated rings. The van der Waals surface area contributed by atoms with Crippen molar-refractivity contribution < 1.29 is 27.4 Å². The summed E-state index contributed by atoms with van der Waals surface area (Å²) in [5.74, 6) is 1.15. The van der Waals surface area contributed by atoms with Gasteiger partial charge in [-0.3, -0.25) is 4.79 Å². The molecule has 1 aliphatic heterocycles. The molecular formula is C21H30N4O6S. The number of hydrogen-bond donors (Lipinski definition) is 1. The average Bonchev–Trinajstić information content (AvgIpc) is 3.21. The highest BCUT2D eigenvalue weighted by Gasteiger charge is 2.30. The van der Waals surface area contributed by atoms with Crippen LogP contribution < -0.4 is 14.2 Å². The van der Waals surface area contributed by atoms with E-state index in [9.17, 15) is 13.2 Å². The minimum atomic E-state index is -3.68. The van der Waals surface area contributed by atoms with Crippen LogP contribution in [0.1, 0.15) is 37.6 Å². The molecule has 2 heterocycles. The second kappa shape index (κ2) is 10.7. The molecule has 32 heavy (non-hydrogen) atoms. The third-order valence-electron chi connectivity index (χ3n) is 4.99. The normalized spacial score (nSPS) is 15.3. The highest BCUT2D eigenvalue weighted by Crippen LogP contribution is 2.39. The lowest BCUT2D eigenvalue weighted by Gasteiger charge is -2.23. The van der Waals surface area contributed by atoms with Crippen LogP contribution in [-0.2, 0) is 10.0 Å². The molecule has 1 saturated heterocycles. The number of hydrogen-bond acceptors (Lipinski definition) is 7. The fourth-order valence-electron chi connectivity index (χ4n) is 3.56. The Bertz CT molecular complexity index is 982. The largest absolute Gasteiger partial charge is 0.490 e. The van der Waals surface area contributed by atoms with Gasteiger partial charge in [0.2, 0.25) is 5.75 Å². The summed E-state index contributed by atoms with van der Waals surface area (Å²) in [6, 6.07) is 3.31. The summed E-state index contributed by atoms with van der Waals surface area (Å²) < 4.78 is 44.1. The van der Waals surface area contributed by atoms with Crippen LogP contribution in [0.3, 0.4) is 0 Å². The number of nitrogens with zero attached hydrogens (tertiary/aromatic N) is 3. The van der Waals surface area contributed by atoms with E-state index in [1.165, 1.54) is 16.8 Å². The first-order chi connectivity index (χ1) is 15.4. The Labute approximate surface area is 188 Å². The van der Waals surface area contributed by atoms with Crippen molar-refractivity contribution in [3.05, 3.63) is 30.2 Å². The molecule has 0 atom stereocenters. The number of ether oxygens (including phenoxy) is 3. The fraction of sp³-hybridized carbons (Fsp3) is 0.524. The lowest BCUT2D eigenvalue weighted by atomic mass is 10.1. The number of aromatic amines is 1. The maximum atomic E-state index is 13.3. The van der Waals surface area contributed by atoms with Crippen LogP contribution in [0.25, 0.3) is 0 Å². The molecule has 0 unspecified atom stereocenters. The van der Waals surface area contributed by atoms with Crippen molar-refractivity contribution in [2.24, 2.45) is 0 Å². The standard InChI is InChI=1S/C21H30N4O6S/c1-4-29-17-12-16(13-18(30-5-2)20(17)31-6-3)21(26)24-8-7-9-25(11-10-24)32(27,28)19-14-22-15-23-19/h12-15H,4-11H2,1-3H3,(H,22,23). The minimum Gasteiger partial charge on any atom is -0.490 e. The van der Waals surface area contributed by atoms with E-state index in [1.807, 2.05) is 20.8 Å². The Morgan fingerprint density at radius 3 is 2.22 bits per heavy atom. The van der Waals surface area contributed by atoms with E-state index in [0.29, 0.717) is 62.1 Å². The van der Waals surface area contributed by atoms with Crippen molar-refractivity contribution in [2.45, 2.75) is 32.2 Å². The van der Waals surface area contributed by atoms with E-state index < -0.39 is 10.0 Å². The highest BCUT2D eigenvalue weighted by molar-refractivity contribution is 7.89. The number of aromatic nitrogens is 2. The van der Waals surface area contributed by atoms with Gasteiger partial charge in [-0.2, -0.15) is 4.31 Å². The van der Waals surface area contributed by atoms with Gasteiger partial charge in [0.25, 0.3) is 15.9 Å². The monoisotopic (exact) mass is 466 g/mol. The van der Waals surface area contributed by atoms with Crippen LogP contribution in [0.15, 0.2) is 29.7 Å². The molecule has 176 valence electrons. The van der Waals surface area contributed by atoms with E-state index in [2.05, 4.69) is 9.97 Å². The molecule has 0 aliphatic carbocycles. The first-order valence-corrected chi connectivity index (χ1v) is 12.2. The number of carbonyl (C=O) groups excluding carboxylic acids is 1. The zero-order valence-corrected chi connectivity index (χ0v) is 19.5. The topological polar surface area (TPSA) is 114 Å². The number of imidazole rings is 1. The summed E-state index contributed by atoms with van der Waals surface area (Å²) in [7, 11) is -3.68. The molecule has 3 rings (SSSR count). The molecule has 0 spiro atoms. The van der Waals surface area contributed by atoms with Crippen molar-refractivity contribution in [3.8, 4) is 17.2 Å². The molecule has 0 bridgehead atoms. The van der Waals surface area contributed by atoms with Crippen LogP contribution in [0.5, 0.6) is 17.2 Å². The zero-order valence-electron chi connectivity index (χ0n) is 18.7. The Morgan fingerprint density at radius 1 is 1.00 bits per heavy atom. The van der Waals surface area contributed by atoms with Crippen LogP contribution in [-0.4, -0.2) is 79.5 Å². The first kappa shape index (κ1) is 23.9. The summed E-state index contributed by atoms with van der Waals surface area (Å²) >= 11 is 0. The van der Waals surface area contributed by atoms with Gasteiger partial charge in [-0.1, -0.05) is 0 Å².